The van der Waals surface area contributed by atoms with Crippen LogP contribution in [0, 0.1) is 13.8 Å². The second-order valence-electron chi connectivity index (χ2n) is 2.09. The van der Waals surface area contributed by atoms with Crippen molar-refractivity contribution < 1.29 is 0 Å². The second-order valence-corrected chi connectivity index (χ2v) is 2.47. The van der Waals surface area contributed by atoms with Gasteiger partial charge in [0.25, 0.3) is 0 Å². The van der Waals surface area contributed by atoms with Gasteiger partial charge in [-0.15, -0.1) is 12.4 Å². The third kappa shape index (κ3) is 1.86. The smallest absolute Gasteiger partial charge is 0.0495 e. The molecule has 10 heavy (non-hydrogen) atoms. The number of rotatable bonds is 0. The maximum absolute atomic E-state index is 5.84. The van der Waals surface area contributed by atoms with Crippen molar-refractivity contribution >= 4 is 24.0 Å². The van der Waals surface area contributed by atoms with Gasteiger partial charge < -0.3 is 0 Å². The van der Waals surface area contributed by atoms with Crippen LogP contribution in [-0.2, 0) is 0 Å². The molecule has 1 heterocycles. The summed E-state index contributed by atoms with van der Waals surface area (Å²) >= 11 is 5.84. The Balaban J connectivity index is 0.000000810. The van der Waals surface area contributed by atoms with E-state index in [2.05, 4.69) is 4.98 Å². The van der Waals surface area contributed by atoms with Crippen molar-refractivity contribution in [1.82, 2.24) is 4.98 Å². The number of aromatic nitrogens is 1. The monoisotopic (exact) mass is 177 g/mol. The predicted octanol–water partition coefficient (Wildman–Crippen LogP) is 2.77. The molecule has 0 saturated heterocycles. The molecule has 0 aromatic carbocycles. The summed E-state index contributed by atoms with van der Waals surface area (Å²) in [6.45, 7) is 3.89. The van der Waals surface area contributed by atoms with Crippen LogP contribution in [0.1, 0.15) is 11.1 Å². The first-order chi connectivity index (χ1) is 4.22. The van der Waals surface area contributed by atoms with Crippen LogP contribution < -0.4 is 0 Å². The van der Waals surface area contributed by atoms with Crippen molar-refractivity contribution in [2.75, 3.05) is 0 Å². The number of halogens is 2. The SMILES string of the molecule is Cc1cncc(C)c1Cl.Cl. The maximum atomic E-state index is 5.84. The highest BCUT2D eigenvalue weighted by Gasteiger charge is 1.95. The zero-order valence-electron chi connectivity index (χ0n) is 5.89. The summed E-state index contributed by atoms with van der Waals surface area (Å²) in [5, 5.41) is 0.824. The molecule has 1 aromatic heterocycles. The van der Waals surface area contributed by atoms with E-state index < -0.39 is 0 Å². The van der Waals surface area contributed by atoms with Crippen LogP contribution in [0.25, 0.3) is 0 Å². The van der Waals surface area contributed by atoms with Crippen molar-refractivity contribution in [3.05, 3.63) is 28.5 Å². The van der Waals surface area contributed by atoms with Gasteiger partial charge in [-0.1, -0.05) is 11.6 Å². The highest BCUT2D eigenvalue weighted by atomic mass is 35.5. The Morgan fingerprint density at radius 2 is 1.60 bits per heavy atom. The van der Waals surface area contributed by atoms with Crippen molar-refractivity contribution in [3.8, 4) is 0 Å². The first-order valence-corrected chi connectivity index (χ1v) is 3.16. The topological polar surface area (TPSA) is 12.9 Å². The summed E-state index contributed by atoms with van der Waals surface area (Å²) in [5.41, 5.74) is 2.08. The quantitative estimate of drug-likeness (QED) is 0.595. The van der Waals surface area contributed by atoms with Gasteiger partial charge in [-0.3, -0.25) is 4.98 Å². The van der Waals surface area contributed by atoms with Gasteiger partial charge in [-0.25, -0.2) is 0 Å². The number of aryl methyl sites for hydroxylation is 2. The van der Waals surface area contributed by atoms with Gasteiger partial charge in [0.05, 0.1) is 0 Å². The molecule has 56 valence electrons. The zero-order chi connectivity index (χ0) is 6.85. The summed E-state index contributed by atoms with van der Waals surface area (Å²) in [6, 6.07) is 0. The maximum Gasteiger partial charge on any atom is 0.0495 e. The van der Waals surface area contributed by atoms with Gasteiger partial charge >= 0.3 is 0 Å². The van der Waals surface area contributed by atoms with Crippen LogP contribution in [0.2, 0.25) is 5.02 Å². The predicted molar refractivity (Wildman–Crippen MR) is 46.0 cm³/mol. The highest BCUT2D eigenvalue weighted by molar-refractivity contribution is 6.32. The van der Waals surface area contributed by atoms with Crippen LogP contribution in [0.15, 0.2) is 12.4 Å². The summed E-state index contributed by atoms with van der Waals surface area (Å²) < 4.78 is 0. The number of pyridine rings is 1. The molecule has 3 heteroatoms. The molecule has 0 bridgehead atoms. The minimum absolute atomic E-state index is 0. The minimum atomic E-state index is 0. The standard InChI is InChI=1S/C7H8ClN.ClH/c1-5-3-9-4-6(2)7(5)8;/h3-4H,1-2H3;1H. The zero-order valence-corrected chi connectivity index (χ0v) is 7.46. The lowest BCUT2D eigenvalue weighted by molar-refractivity contribution is 1.22. The molecule has 0 aliphatic rings. The Labute approximate surface area is 71.8 Å². The number of nitrogens with zero attached hydrogens (tertiary/aromatic N) is 1. The van der Waals surface area contributed by atoms with E-state index in [1.165, 1.54) is 0 Å². The molecule has 1 rings (SSSR count). The summed E-state index contributed by atoms with van der Waals surface area (Å²) in [7, 11) is 0. The summed E-state index contributed by atoms with van der Waals surface area (Å²) in [4.78, 5) is 3.96. The molecular formula is C7H9Cl2N. The summed E-state index contributed by atoms with van der Waals surface area (Å²) in [6.07, 6.45) is 3.52. The minimum Gasteiger partial charge on any atom is -0.264 e. The molecule has 0 atom stereocenters. The first-order valence-electron chi connectivity index (χ1n) is 2.78. The van der Waals surface area contributed by atoms with E-state index in [-0.39, 0.29) is 12.4 Å². The summed E-state index contributed by atoms with van der Waals surface area (Å²) in [5.74, 6) is 0. The van der Waals surface area contributed by atoms with Crippen LogP contribution in [-0.4, -0.2) is 4.98 Å². The molecular weight excluding hydrogens is 169 g/mol. The molecule has 1 aromatic rings. The van der Waals surface area contributed by atoms with Crippen molar-refractivity contribution in [2.24, 2.45) is 0 Å². The number of hydrogen-bond donors (Lipinski definition) is 0. The Morgan fingerprint density at radius 1 is 1.20 bits per heavy atom. The van der Waals surface area contributed by atoms with Gasteiger partial charge in [0, 0.05) is 17.4 Å². The average molecular weight is 178 g/mol. The lowest BCUT2D eigenvalue weighted by Crippen LogP contribution is -1.81. The third-order valence-corrected chi connectivity index (χ3v) is 1.82. The third-order valence-electron chi connectivity index (χ3n) is 1.23. The van der Waals surface area contributed by atoms with Gasteiger partial charge in [0.2, 0.25) is 0 Å². The van der Waals surface area contributed by atoms with E-state index >= 15 is 0 Å². The van der Waals surface area contributed by atoms with Crippen molar-refractivity contribution in [3.63, 3.8) is 0 Å². The van der Waals surface area contributed by atoms with E-state index in [0.717, 1.165) is 16.1 Å². The van der Waals surface area contributed by atoms with Crippen LogP contribution in [0.3, 0.4) is 0 Å². The molecule has 1 nitrogen and oxygen atoms in total. The Hall–Kier alpha value is -0.270. The fraction of sp³-hybridized carbons (Fsp3) is 0.286. The van der Waals surface area contributed by atoms with E-state index in [4.69, 9.17) is 11.6 Å². The molecule has 0 unspecified atom stereocenters. The van der Waals surface area contributed by atoms with Crippen LogP contribution in [0.4, 0.5) is 0 Å². The largest absolute Gasteiger partial charge is 0.264 e. The normalized spacial score (nSPS) is 8.70. The molecule has 0 amide bonds. The number of hydrogen-bond acceptors (Lipinski definition) is 1. The van der Waals surface area contributed by atoms with E-state index in [9.17, 15) is 0 Å². The molecule has 0 saturated carbocycles. The van der Waals surface area contributed by atoms with E-state index in [0.29, 0.717) is 0 Å². The molecule has 0 N–H and O–H groups in total. The molecule has 0 aliphatic heterocycles. The van der Waals surface area contributed by atoms with E-state index in [1.54, 1.807) is 12.4 Å². The van der Waals surface area contributed by atoms with Crippen LogP contribution in [0.5, 0.6) is 0 Å². The highest BCUT2D eigenvalue weighted by Crippen LogP contribution is 2.16. The van der Waals surface area contributed by atoms with Gasteiger partial charge in [0.1, 0.15) is 0 Å². The first kappa shape index (κ1) is 9.73. The van der Waals surface area contributed by atoms with Gasteiger partial charge in [0.15, 0.2) is 0 Å². The lowest BCUT2D eigenvalue weighted by atomic mass is 10.2. The fourth-order valence-corrected chi connectivity index (χ4v) is 0.783. The molecule has 0 fully saturated rings. The molecule has 0 spiro atoms. The van der Waals surface area contributed by atoms with Gasteiger partial charge in [-0.05, 0) is 25.0 Å². The van der Waals surface area contributed by atoms with E-state index in [1.807, 2.05) is 13.8 Å². The Kier molecular flexibility index (Phi) is 3.69. The van der Waals surface area contributed by atoms with Crippen LogP contribution >= 0.6 is 24.0 Å². The van der Waals surface area contributed by atoms with Crippen molar-refractivity contribution in [2.45, 2.75) is 13.8 Å². The molecule has 0 aliphatic carbocycles. The average Bonchev–Trinajstić information content (AvgIpc) is 1.83. The Morgan fingerprint density at radius 3 is 1.90 bits per heavy atom. The van der Waals surface area contributed by atoms with Gasteiger partial charge in [-0.2, -0.15) is 0 Å². The fourth-order valence-electron chi connectivity index (χ4n) is 0.685. The Bertz CT molecular complexity index is 203. The van der Waals surface area contributed by atoms with Crippen molar-refractivity contribution in [1.29, 1.82) is 0 Å². The second kappa shape index (κ2) is 3.79. The molecule has 0 radical (unpaired) electrons. The lowest BCUT2D eigenvalue weighted by Gasteiger charge is -1.97.